The van der Waals surface area contributed by atoms with Gasteiger partial charge in [-0.1, -0.05) is 0 Å². The van der Waals surface area contributed by atoms with Crippen LogP contribution in [0.4, 0.5) is 18.0 Å². The Balaban J connectivity index is 3.95. The van der Waals surface area contributed by atoms with E-state index in [2.05, 4.69) is 0 Å². The van der Waals surface area contributed by atoms with E-state index in [1.165, 1.54) is 0 Å². The van der Waals surface area contributed by atoms with Crippen LogP contribution in [0.2, 0.25) is 0 Å². The Hall–Kier alpha value is -1.51. The van der Waals surface area contributed by atoms with E-state index in [-0.39, 0.29) is 6.42 Å². The molecule has 17 heavy (non-hydrogen) atoms. The number of aliphatic carboxylic acids is 1. The van der Waals surface area contributed by atoms with Gasteiger partial charge in [0.05, 0.1) is 6.42 Å². The largest absolute Gasteiger partial charge is 0.480 e. The van der Waals surface area contributed by atoms with Crippen molar-refractivity contribution >= 4 is 12.0 Å². The number of aliphatic hydroxyl groups excluding tert-OH is 1. The predicted molar refractivity (Wildman–Crippen MR) is 50.3 cm³/mol. The molecule has 0 aromatic rings. The van der Waals surface area contributed by atoms with E-state index in [0.717, 1.165) is 0 Å². The first kappa shape index (κ1) is 15.5. The van der Waals surface area contributed by atoms with Gasteiger partial charge in [-0.2, -0.15) is 13.2 Å². The topological polar surface area (TPSA) is 98.7 Å². The van der Waals surface area contributed by atoms with Gasteiger partial charge >= 0.3 is 18.2 Å². The van der Waals surface area contributed by atoms with Crippen molar-refractivity contribution in [3.63, 3.8) is 0 Å². The molecule has 1 atom stereocenters. The zero-order valence-electron chi connectivity index (χ0n) is 8.75. The molecule has 0 aromatic carbocycles. The van der Waals surface area contributed by atoms with Gasteiger partial charge in [0.25, 0.3) is 0 Å². The summed E-state index contributed by atoms with van der Waals surface area (Å²) in [5, 5.41) is 20.9. The molecule has 0 aliphatic rings. The Bertz CT molecular complexity index is 270. The number of rotatable bonds is 6. The van der Waals surface area contributed by atoms with Crippen LogP contribution in [0.5, 0.6) is 0 Å². The Morgan fingerprint density at radius 2 is 1.88 bits per heavy atom. The molecule has 0 aromatic heterocycles. The Morgan fingerprint density at radius 3 is 2.29 bits per heavy atom. The van der Waals surface area contributed by atoms with Gasteiger partial charge in [0, 0.05) is 19.6 Å². The van der Waals surface area contributed by atoms with Crippen molar-refractivity contribution in [1.82, 2.24) is 10.6 Å². The lowest BCUT2D eigenvalue weighted by Gasteiger charge is -2.14. The second kappa shape index (κ2) is 6.94. The summed E-state index contributed by atoms with van der Waals surface area (Å²) in [6.07, 6.45) is -5.80. The molecular formula is C8H13F3N2O4. The summed E-state index contributed by atoms with van der Waals surface area (Å²) in [6, 6.07) is -2.35. The van der Waals surface area contributed by atoms with E-state index >= 15 is 0 Å². The summed E-state index contributed by atoms with van der Waals surface area (Å²) in [5.41, 5.74) is 0. The van der Waals surface area contributed by atoms with Crippen molar-refractivity contribution in [3.8, 4) is 0 Å². The molecule has 9 heteroatoms. The van der Waals surface area contributed by atoms with E-state index in [9.17, 15) is 22.8 Å². The zero-order chi connectivity index (χ0) is 13.5. The van der Waals surface area contributed by atoms with Crippen LogP contribution in [0, 0.1) is 0 Å². The first-order valence-electron chi connectivity index (χ1n) is 4.71. The number of amides is 2. The molecule has 0 spiro atoms. The molecular weight excluding hydrogens is 245 g/mol. The number of carboxylic acids is 1. The van der Waals surface area contributed by atoms with Gasteiger partial charge < -0.3 is 20.8 Å². The number of halogens is 3. The lowest BCUT2D eigenvalue weighted by atomic mass is 10.2. The SMILES string of the molecule is O=C(NCCC(F)(F)F)N[C@H](CCO)C(=O)O. The highest BCUT2D eigenvalue weighted by Gasteiger charge is 2.27. The highest BCUT2D eigenvalue weighted by Crippen LogP contribution is 2.17. The number of nitrogens with one attached hydrogen (secondary N) is 2. The van der Waals surface area contributed by atoms with Crippen LogP contribution in [0.3, 0.4) is 0 Å². The van der Waals surface area contributed by atoms with E-state index in [0.29, 0.717) is 0 Å². The van der Waals surface area contributed by atoms with Crippen molar-refractivity contribution in [2.45, 2.75) is 25.1 Å². The number of hydrogen-bond acceptors (Lipinski definition) is 3. The van der Waals surface area contributed by atoms with Crippen LogP contribution in [0.25, 0.3) is 0 Å². The second-order valence-corrected chi connectivity index (χ2v) is 3.17. The molecule has 4 N–H and O–H groups in total. The molecule has 100 valence electrons. The molecule has 0 heterocycles. The van der Waals surface area contributed by atoms with E-state index in [1.807, 2.05) is 10.6 Å². The lowest BCUT2D eigenvalue weighted by molar-refractivity contribution is -0.139. The van der Waals surface area contributed by atoms with Crippen molar-refractivity contribution in [2.75, 3.05) is 13.2 Å². The van der Waals surface area contributed by atoms with Gasteiger partial charge in [-0.25, -0.2) is 9.59 Å². The Morgan fingerprint density at radius 1 is 1.29 bits per heavy atom. The van der Waals surface area contributed by atoms with Crippen molar-refractivity contribution < 1.29 is 33.0 Å². The van der Waals surface area contributed by atoms with Gasteiger partial charge in [0.2, 0.25) is 0 Å². The molecule has 0 aliphatic heterocycles. The van der Waals surface area contributed by atoms with E-state index in [4.69, 9.17) is 10.2 Å². The number of carboxylic acid groups (broad SMARTS) is 1. The maximum absolute atomic E-state index is 11.7. The quantitative estimate of drug-likeness (QED) is 0.542. The number of aliphatic hydroxyl groups is 1. The fraction of sp³-hybridized carbons (Fsp3) is 0.750. The first-order chi connectivity index (χ1) is 7.76. The highest BCUT2D eigenvalue weighted by molar-refractivity contribution is 5.82. The normalized spacial score (nSPS) is 12.9. The van der Waals surface area contributed by atoms with Crippen LogP contribution in [0.1, 0.15) is 12.8 Å². The molecule has 0 fully saturated rings. The highest BCUT2D eigenvalue weighted by atomic mass is 19.4. The Kier molecular flexibility index (Phi) is 6.33. The monoisotopic (exact) mass is 258 g/mol. The molecule has 0 rings (SSSR count). The fourth-order valence-electron chi connectivity index (χ4n) is 0.914. The zero-order valence-corrected chi connectivity index (χ0v) is 8.75. The summed E-state index contributed by atoms with van der Waals surface area (Å²) in [7, 11) is 0. The van der Waals surface area contributed by atoms with Crippen LogP contribution in [-0.2, 0) is 4.79 Å². The number of urea groups is 1. The van der Waals surface area contributed by atoms with E-state index < -0.39 is 43.8 Å². The number of alkyl halides is 3. The molecule has 0 aliphatic carbocycles. The summed E-state index contributed by atoms with van der Waals surface area (Å²) in [4.78, 5) is 21.5. The number of carbonyl (C=O) groups excluding carboxylic acids is 1. The lowest BCUT2D eigenvalue weighted by Crippen LogP contribution is -2.47. The van der Waals surface area contributed by atoms with Gasteiger partial charge in [-0.3, -0.25) is 0 Å². The molecule has 0 saturated heterocycles. The average molecular weight is 258 g/mol. The molecule has 0 bridgehead atoms. The third-order valence-corrected chi connectivity index (χ3v) is 1.72. The summed E-state index contributed by atoms with van der Waals surface area (Å²) >= 11 is 0. The molecule has 6 nitrogen and oxygen atoms in total. The molecule has 0 saturated carbocycles. The smallest absolute Gasteiger partial charge is 0.390 e. The van der Waals surface area contributed by atoms with Gasteiger partial charge in [-0.15, -0.1) is 0 Å². The minimum Gasteiger partial charge on any atom is -0.480 e. The van der Waals surface area contributed by atoms with Crippen LogP contribution >= 0.6 is 0 Å². The predicted octanol–water partition coefficient (Wildman–Crippen LogP) is 0.0736. The van der Waals surface area contributed by atoms with Gasteiger partial charge in [0.1, 0.15) is 6.04 Å². The standard InChI is InChI=1S/C8H13F3N2O4/c9-8(10,11)2-3-12-7(17)13-5(1-4-14)6(15)16/h5,14H,1-4H2,(H,15,16)(H2,12,13,17)/t5-/m1/s1. The Labute approximate surface area is 94.8 Å². The molecule has 0 unspecified atom stereocenters. The minimum atomic E-state index is -4.38. The third kappa shape index (κ3) is 8.31. The maximum Gasteiger partial charge on any atom is 0.390 e. The molecule has 0 radical (unpaired) electrons. The minimum absolute atomic E-state index is 0.220. The fourth-order valence-corrected chi connectivity index (χ4v) is 0.914. The number of carbonyl (C=O) groups is 2. The van der Waals surface area contributed by atoms with Crippen LogP contribution in [0.15, 0.2) is 0 Å². The second-order valence-electron chi connectivity index (χ2n) is 3.17. The summed E-state index contributed by atoms with van der Waals surface area (Å²) < 4.78 is 35.2. The van der Waals surface area contributed by atoms with Gasteiger partial charge in [-0.05, 0) is 0 Å². The van der Waals surface area contributed by atoms with Crippen molar-refractivity contribution in [1.29, 1.82) is 0 Å². The summed E-state index contributed by atoms with van der Waals surface area (Å²) in [6.45, 7) is -1.10. The molecule has 2 amide bonds. The summed E-state index contributed by atoms with van der Waals surface area (Å²) in [5.74, 6) is -1.37. The van der Waals surface area contributed by atoms with E-state index in [1.54, 1.807) is 0 Å². The van der Waals surface area contributed by atoms with Crippen LogP contribution < -0.4 is 10.6 Å². The van der Waals surface area contributed by atoms with Crippen molar-refractivity contribution in [2.24, 2.45) is 0 Å². The third-order valence-electron chi connectivity index (χ3n) is 1.72. The maximum atomic E-state index is 11.7. The van der Waals surface area contributed by atoms with Crippen molar-refractivity contribution in [3.05, 3.63) is 0 Å². The van der Waals surface area contributed by atoms with Crippen LogP contribution in [-0.4, -0.2) is 47.6 Å². The number of hydrogen-bond donors (Lipinski definition) is 4. The first-order valence-corrected chi connectivity index (χ1v) is 4.71. The van der Waals surface area contributed by atoms with Gasteiger partial charge in [0.15, 0.2) is 0 Å². The average Bonchev–Trinajstić information content (AvgIpc) is 2.14.